The molecule has 3 aromatic heterocycles. The number of hydrogen-bond donors (Lipinski definition) is 1. The van der Waals surface area contributed by atoms with E-state index in [4.69, 9.17) is 21.0 Å². The van der Waals surface area contributed by atoms with Gasteiger partial charge in [-0.3, -0.25) is 0 Å². The second-order valence-corrected chi connectivity index (χ2v) is 11.4. The Balaban J connectivity index is 1.14. The van der Waals surface area contributed by atoms with Gasteiger partial charge in [-0.05, 0) is 52.6 Å². The van der Waals surface area contributed by atoms with Gasteiger partial charge in [0, 0.05) is 43.8 Å². The van der Waals surface area contributed by atoms with Crippen molar-refractivity contribution in [3.05, 3.63) is 139 Å². The molecule has 3 heterocycles. The number of para-hydroxylation sites is 2. The molecule has 5 nitrogen and oxygen atoms in total. The summed E-state index contributed by atoms with van der Waals surface area (Å²) < 4.78 is 6.70. The molecule has 1 N–H and O–H groups in total. The van der Waals surface area contributed by atoms with Gasteiger partial charge in [0.25, 0.3) is 0 Å². The van der Waals surface area contributed by atoms with E-state index in [0.717, 1.165) is 71.7 Å². The summed E-state index contributed by atoms with van der Waals surface area (Å²) in [7, 11) is 0. The van der Waals surface area contributed by atoms with Gasteiger partial charge < -0.3 is 9.40 Å². The van der Waals surface area contributed by atoms with Gasteiger partial charge in [0.2, 0.25) is 5.28 Å². The summed E-state index contributed by atoms with van der Waals surface area (Å²) in [6.07, 6.45) is 0. The lowest BCUT2D eigenvalue weighted by atomic mass is 9.96. The summed E-state index contributed by atoms with van der Waals surface area (Å²) in [5, 5.41) is 4.71. The highest BCUT2D eigenvalue weighted by Gasteiger charge is 2.17. The third kappa shape index (κ3) is 4.28. The highest BCUT2D eigenvalue weighted by atomic mass is 35.5. The third-order valence-corrected chi connectivity index (χ3v) is 8.58. The molecule has 0 aliphatic carbocycles. The highest BCUT2D eigenvalue weighted by Crippen LogP contribution is 2.41. The van der Waals surface area contributed by atoms with E-state index in [0.29, 0.717) is 11.6 Å². The minimum absolute atomic E-state index is 0.162. The fraction of sp³-hybridized carbons (Fsp3) is 0. The fourth-order valence-corrected chi connectivity index (χ4v) is 6.46. The Morgan fingerprint density at radius 3 is 1.91 bits per heavy atom. The summed E-state index contributed by atoms with van der Waals surface area (Å²) >= 11 is 6.35. The summed E-state index contributed by atoms with van der Waals surface area (Å²) in [6.45, 7) is 0. The Kier molecular flexibility index (Phi) is 5.80. The van der Waals surface area contributed by atoms with Crippen molar-refractivity contribution < 1.29 is 4.42 Å². The minimum Gasteiger partial charge on any atom is -0.453 e. The van der Waals surface area contributed by atoms with E-state index in [1.807, 2.05) is 42.5 Å². The van der Waals surface area contributed by atoms with Gasteiger partial charge in [-0.1, -0.05) is 109 Å². The van der Waals surface area contributed by atoms with Crippen LogP contribution in [0.5, 0.6) is 0 Å². The molecule has 0 radical (unpaired) electrons. The van der Waals surface area contributed by atoms with Gasteiger partial charge in [0.1, 0.15) is 5.58 Å². The van der Waals surface area contributed by atoms with E-state index in [9.17, 15) is 0 Å². The van der Waals surface area contributed by atoms with Gasteiger partial charge in [0.15, 0.2) is 17.2 Å². The first kappa shape index (κ1) is 25.7. The zero-order chi connectivity index (χ0) is 29.9. The number of furan rings is 1. The Hall–Kier alpha value is -5.78. The number of nitrogens with one attached hydrogen (secondary N) is 1. The van der Waals surface area contributed by atoms with Gasteiger partial charge in [-0.2, -0.15) is 9.97 Å². The van der Waals surface area contributed by atoms with E-state index < -0.39 is 0 Å². The number of H-pyrrole nitrogens is 1. The molecule has 6 aromatic carbocycles. The molecule has 0 saturated heterocycles. The molecule has 0 aliphatic heterocycles. The standard InChI is InChI=1S/C39H23ClN4O/c40-39-43-37(23-9-2-1-3-10-23)42-38(44-39)27-14-7-12-25(22-27)24-11-6-13-26(21-24)28-16-8-17-31-32-20-19-30-29-15-4-5-18-33(29)41-34(30)36(32)45-35(28)31/h1-22,41H. The lowest BCUT2D eigenvalue weighted by Crippen LogP contribution is -1.97. The van der Waals surface area contributed by atoms with Gasteiger partial charge in [0.05, 0.1) is 5.52 Å². The Bertz CT molecular complexity index is 2570. The molecule has 212 valence electrons. The Labute approximate surface area is 262 Å². The number of fused-ring (bicyclic) bond motifs is 7. The maximum absolute atomic E-state index is 6.70. The second-order valence-electron chi connectivity index (χ2n) is 11.1. The molecule has 0 fully saturated rings. The van der Waals surface area contributed by atoms with Crippen LogP contribution in [-0.2, 0) is 0 Å². The first-order chi connectivity index (χ1) is 22.2. The molecule has 0 aliphatic rings. The number of rotatable bonds is 4. The molecule has 9 rings (SSSR count). The zero-order valence-electron chi connectivity index (χ0n) is 23.8. The number of halogens is 1. The number of hydrogen-bond acceptors (Lipinski definition) is 4. The minimum atomic E-state index is 0.162. The predicted octanol–water partition coefficient (Wildman–Crippen LogP) is 10.7. The monoisotopic (exact) mass is 598 g/mol. The van der Waals surface area contributed by atoms with Crippen molar-refractivity contribution in [2.45, 2.75) is 0 Å². The number of aromatic nitrogens is 4. The predicted molar refractivity (Wildman–Crippen MR) is 183 cm³/mol. The molecule has 45 heavy (non-hydrogen) atoms. The van der Waals surface area contributed by atoms with Crippen LogP contribution in [0.25, 0.3) is 88.8 Å². The van der Waals surface area contributed by atoms with Crippen molar-refractivity contribution in [2.75, 3.05) is 0 Å². The zero-order valence-corrected chi connectivity index (χ0v) is 24.6. The summed E-state index contributed by atoms with van der Waals surface area (Å²) in [5.41, 5.74) is 9.86. The lowest BCUT2D eigenvalue weighted by molar-refractivity contribution is 0.673. The number of nitrogens with zero attached hydrogens (tertiary/aromatic N) is 3. The molecule has 0 atom stereocenters. The van der Waals surface area contributed by atoms with Crippen LogP contribution in [0.3, 0.4) is 0 Å². The topological polar surface area (TPSA) is 67.6 Å². The van der Waals surface area contributed by atoms with E-state index in [-0.39, 0.29) is 5.28 Å². The van der Waals surface area contributed by atoms with Crippen LogP contribution < -0.4 is 0 Å². The molecule has 0 amide bonds. The van der Waals surface area contributed by atoms with E-state index in [1.54, 1.807) is 0 Å². The van der Waals surface area contributed by atoms with Crippen LogP contribution in [0.4, 0.5) is 0 Å². The highest BCUT2D eigenvalue weighted by molar-refractivity contribution is 6.28. The van der Waals surface area contributed by atoms with Crippen LogP contribution in [0.2, 0.25) is 5.28 Å². The first-order valence-electron chi connectivity index (χ1n) is 14.7. The van der Waals surface area contributed by atoms with Gasteiger partial charge in [-0.25, -0.2) is 4.98 Å². The Morgan fingerprint density at radius 2 is 1.07 bits per heavy atom. The van der Waals surface area contributed by atoms with Crippen molar-refractivity contribution in [1.29, 1.82) is 0 Å². The molecule has 6 heteroatoms. The fourth-order valence-electron chi connectivity index (χ4n) is 6.30. The van der Waals surface area contributed by atoms with Crippen molar-refractivity contribution in [1.82, 2.24) is 19.9 Å². The van der Waals surface area contributed by atoms with Crippen molar-refractivity contribution in [3.63, 3.8) is 0 Å². The van der Waals surface area contributed by atoms with E-state index in [2.05, 4.69) is 106 Å². The number of aromatic amines is 1. The Morgan fingerprint density at radius 1 is 0.467 bits per heavy atom. The van der Waals surface area contributed by atoms with E-state index in [1.165, 1.54) is 5.39 Å². The molecular weight excluding hydrogens is 576 g/mol. The van der Waals surface area contributed by atoms with Gasteiger partial charge >= 0.3 is 0 Å². The van der Waals surface area contributed by atoms with Crippen LogP contribution in [0, 0.1) is 0 Å². The number of benzene rings is 6. The summed E-state index contributed by atoms with van der Waals surface area (Å²) in [5.74, 6) is 1.07. The SMILES string of the molecule is Clc1nc(-c2ccccc2)nc(-c2cccc(-c3cccc(-c4cccc5c4oc4c5ccc5c6ccccc6[nH]c54)c3)c2)n1. The molecule has 0 unspecified atom stereocenters. The average molecular weight is 599 g/mol. The van der Waals surface area contributed by atoms with Crippen molar-refractivity contribution in [2.24, 2.45) is 0 Å². The first-order valence-corrected chi connectivity index (χ1v) is 15.1. The average Bonchev–Trinajstić information content (AvgIpc) is 3.67. The molecule has 0 saturated carbocycles. The van der Waals surface area contributed by atoms with Gasteiger partial charge in [-0.15, -0.1) is 0 Å². The maximum atomic E-state index is 6.70. The van der Waals surface area contributed by atoms with Crippen LogP contribution in [0.15, 0.2) is 138 Å². The van der Waals surface area contributed by atoms with Crippen LogP contribution in [0.1, 0.15) is 0 Å². The normalized spacial score (nSPS) is 11.7. The molecule has 0 spiro atoms. The van der Waals surface area contributed by atoms with Crippen LogP contribution in [-0.4, -0.2) is 19.9 Å². The quantitative estimate of drug-likeness (QED) is 0.219. The van der Waals surface area contributed by atoms with Crippen molar-refractivity contribution in [3.8, 4) is 45.0 Å². The lowest BCUT2D eigenvalue weighted by Gasteiger charge is -2.09. The summed E-state index contributed by atoms with van der Waals surface area (Å²) in [4.78, 5) is 17.1. The molecular formula is C39H23ClN4O. The van der Waals surface area contributed by atoms with Crippen molar-refractivity contribution >= 4 is 55.3 Å². The maximum Gasteiger partial charge on any atom is 0.226 e. The summed E-state index contributed by atoms with van der Waals surface area (Å²) in [6, 6.07) is 45.6. The smallest absolute Gasteiger partial charge is 0.226 e. The molecule has 0 bridgehead atoms. The second kappa shape index (κ2) is 10.2. The third-order valence-electron chi connectivity index (χ3n) is 8.41. The molecule has 9 aromatic rings. The van der Waals surface area contributed by atoms with E-state index >= 15 is 0 Å². The largest absolute Gasteiger partial charge is 0.453 e. The van der Waals surface area contributed by atoms with Crippen LogP contribution >= 0.6 is 11.6 Å².